The molecule has 0 radical (unpaired) electrons. The molecule has 1 saturated carbocycles. The van der Waals surface area contributed by atoms with Gasteiger partial charge in [-0.1, -0.05) is 0 Å². The van der Waals surface area contributed by atoms with Crippen LogP contribution in [0.1, 0.15) is 12.8 Å². The Balaban J connectivity index is 1.23. The number of aromatic nitrogens is 2. The quantitative estimate of drug-likeness (QED) is 0.758. The summed E-state index contributed by atoms with van der Waals surface area (Å²) in [5.74, 6) is 1.37. The van der Waals surface area contributed by atoms with Crippen molar-refractivity contribution in [1.82, 2.24) is 14.9 Å². The molecule has 0 bridgehead atoms. The largest absolute Gasteiger partial charge is 0.477 e. The second-order valence-corrected chi connectivity index (χ2v) is 8.73. The van der Waals surface area contributed by atoms with Gasteiger partial charge in [-0.3, -0.25) is 4.90 Å². The minimum Gasteiger partial charge on any atom is -0.477 e. The summed E-state index contributed by atoms with van der Waals surface area (Å²) >= 11 is 0. The number of nitrogens with zero attached hydrogens (tertiary/aromatic N) is 4. The zero-order valence-electron chi connectivity index (χ0n) is 17.3. The predicted octanol–water partition coefficient (Wildman–Crippen LogP) is 1.32. The van der Waals surface area contributed by atoms with Crippen molar-refractivity contribution < 1.29 is 19.3 Å². The number of hydrogen-bond donors (Lipinski definition) is 1. The fraction of sp³-hybridized carbons (Fsp3) is 0.636. The Morgan fingerprint density at radius 2 is 1.83 bits per heavy atom. The smallest absolute Gasteiger partial charge is 0.224 e. The van der Waals surface area contributed by atoms with E-state index in [9.17, 15) is 5.11 Å². The molecule has 3 fully saturated rings. The van der Waals surface area contributed by atoms with Gasteiger partial charge in [-0.2, -0.15) is 0 Å². The normalized spacial score (nSPS) is 22.8. The number of anilines is 1. The third-order valence-electron chi connectivity index (χ3n) is 6.10. The van der Waals surface area contributed by atoms with E-state index >= 15 is 0 Å². The van der Waals surface area contributed by atoms with E-state index in [1.54, 1.807) is 6.33 Å². The summed E-state index contributed by atoms with van der Waals surface area (Å²) in [6.45, 7) is 6.65. The number of benzene rings is 1. The molecule has 1 aliphatic carbocycles. The van der Waals surface area contributed by atoms with Crippen LogP contribution in [-0.2, 0) is 9.47 Å². The van der Waals surface area contributed by atoms with Crippen molar-refractivity contribution in [3.05, 3.63) is 24.5 Å². The summed E-state index contributed by atoms with van der Waals surface area (Å²) in [6.07, 6.45) is 4.09. The van der Waals surface area contributed by atoms with E-state index in [1.807, 2.05) is 6.07 Å². The third kappa shape index (κ3) is 4.67. The molecule has 2 aliphatic heterocycles. The van der Waals surface area contributed by atoms with E-state index < -0.39 is 5.60 Å². The summed E-state index contributed by atoms with van der Waals surface area (Å²) in [4.78, 5) is 13.4. The first-order valence-electron chi connectivity index (χ1n) is 10.9. The molecule has 162 valence electrons. The van der Waals surface area contributed by atoms with Crippen LogP contribution in [0.25, 0.3) is 10.9 Å². The average Bonchev–Trinajstić information content (AvgIpc) is 3.61. The van der Waals surface area contributed by atoms with Crippen LogP contribution >= 0.6 is 0 Å². The number of hydrogen-bond acceptors (Lipinski definition) is 8. The van der Waals surface area contributed by atoms with Gasteiger partial charge in [0.2, 0.25) is 5.88 Å². The molecule has 8 nitrogen and oxygen atoms in total. The number of β-amino-alcohol motifs (C(OH)–C–C–N with tert-alkyl or cyclic N) is 1. The number of ether oxygens (including phenoxy) is 3. The molecule has 2 saturated heterocycles. The van der Waals surface area contributed by atoms with Crippen LogP contribution in [0, 0.1) is 5.92 Å². The van der Waals surface area contributed by atoms with E-state index in [2.05, 4.69) is 31.9 Å². The molecule has 3 aliphatic rings. The SMILES string of the molecule is OC1(CN2CCN(c3ccc4ncnc(OCC5CC5)c4c3)CC2)COCCOC1. The van der Waals surface area contributed by atoms with E-state index in [-0.39, 0.29) is 0 Å². The fourth-order valence-electron chi connectivity index (χ4n) is 4.17. The third-order valence-corrected chi connectivity index (χ3v) is 6.10. The molecule has 0 amide bonds. The molecule has 5 rings (SSSR count). The van der Waals surface area contributed by atoms with Crippen LogP contribution in [0.3, 0.4) is 0 Å². The lowest BCUT2D eigenvalue weighted by Crippen LogP contribution is -2.54. The lowest BCUT2D eigenvalue weighted by atomic mass is 10.1. The predicted molar refractivity (Wildman–Crippen MR) is 113 cm³/mol. The lowest BCUT2D eigenvalue weighted by molar-refractivity contribution is -0.0746. The van der Waals surface area contributed by atoms with Crippen LogP contribution in [0.5, 0.6) is 5.88 Å². The number of piperazine rings is 1. The van der Waals surface area contributed by atoms with Crippen molar-refractivity contribution in [2.45, 2.75) is 18.4 Å². The Morgan fingerprint density at radius 1 is 1.07 bits per heavy atom. The standard InChI is InChI=1S/C22H30N4O4/c27-22(14-28-9-10-29-15-22)13-25-5-7-26(8-6-25)18-3-4-20-19(11-18)21(24-16-23-20)30-12-17-1-2-17/h3-4,11,16-17,27H,1-2,5-10,12-15H2. The molecule has 30 heavy (non-hydrogen) atoms. The zero-order chi connectivity index (χ0) is 20.4. The van der Waals surface area contributed by atoms with Crippen molar-refractivity contribution in [2.75, 3.05) is 70.7 Å². The Labute approximate surface area is 176 Å². The van der Waals surface area contributed by atoms with Crippen molar-refractivity contribution in [2.24, 2.45) is 5.92 Å². The van der Waals surface area contributed by atoms with Crippen molar-refractivity contribution in [3.63, 3.8) is 0 Å². The highest BCUT2D eigenvalue weighted by atomic mass is 16.6. The van der Waals surface area contributed by atoms with Gasteiger partial charge in [0.15, 0.2) is 0 Å². The van der Waals surface area contributed by atoms with E-state index in [4.69, 9.17) is 14.2 Å². The van der Waals surface area contributed by atoms with Crippen molar-refractivity contribution in [1.29, 1.82) is 0 Å². The Bertz CT molecular complexity index is 859. The minimum absolute atomic E-state index is 0.335. The summed E-state index contributed by atoms with van der Waals surface area (Å²) in [6, 6.07) is 6.32. The molecule has 1 N–H and O–H groups in total. The lowest BCUT2D eigenvalue weighted by Gasteiger charge is -2.39. The Morgan fingerprint density at radius 3 is 2.57 bits per heavy atom. The molecule has 0 atom stereocenters. The summed E-state index contributed by atoms with van der Waals surface area (Å²) in [5, 5.41) is 11.8. The van der Waals surface area contributed by atoms with Crippen LogP contribution in [0.2, 0.25) is 0 Å². The molecular formula is C22H30N4O4. The van der Waals surface area contributed by atoms with Crippen LogP contribution in [0.15, 0.2) is 24.5 Å². The van der Waals surface area contributed by atoms with Crippen LogP contribution in [-0.4, -0.2) is 91.3 Å². The summed E-state index contributed by atoms with van der Waals surface area (Å²) in [5.41, 5.74) is 1.15. The molecule has 0 unspecified atom stereocenters. The van der Waals surface area contributed by atoms with Gasteiger partial charge < -0.3 is 24.2 Å². The zero-order valence-corrected chi connectivity index (χ0v) is 17.3. The highest BCUT2D eigenvalue weighted by Crippen LogP contribution is 2.32. The maximum atomic E-state index is 10.8. The first-order chi connectivity index (χ1) is 14.7. The van der Waals surface area contributed by atoms with Gasteiger partial charge in [-0.15, -0.1) is 0 Å². The topological polar surface area (TPSA) is 80.2 Å². The van der Waals surface area contributed by atoms with Crippen molar-refractivity contribution in [3.8, 4) is 5.88 Å². The van der Waals surface area contributed by atoms with E-state index in [0.29, 0.717) is 44.8 Å². The molecule has 1 aromatic heterocycles. The molecule has 8 heteroatoms. The minimum atomic E-state index is -0.924. The molecule has 1 aromatic carbocycles. The summed E-state index contributed by atoms with van der Waals surface area (Å²) in [7, 11) is 0. The first kappa shape index (κ1) is 19.9. The fourth-order valence-corrected chi connectivity index (χ4v) is 4.17. The van der Waals surface area contributed by atoms with Gasteiger partial charge in [0.05, 0.1) is 43.9 Å². The van der Waals surface area contributed by atoms with Crippen LogP contribution < -0.4 is 9.64 Å². The van der Waals surface area contributed by atoms with Gasteiger partial charge in [0, 0.05) is 38.4 Å². The molecule has 2 aromatic rings. The molecule has 0 spiro atoms. The Kier molecular flexibility index (Phi) is 5.73. The van der Waals surface area contributed by atoms with Gasteiger partial charge in [0.1, 0.15) is 11.9 Å². The van der Waals surface area contributed by atoms with E-state index in [1.165, 1.54) is 12.8 Å². The average molecular weight is 415 g/mol. The second-order valence-electron chi connectivity index (χ2n) is 8.73. The van der Waals surface area contributed by atoms with Crippen LogP contribution in [0.4, 0.5) is 5.69 Å². The number of fused-ring (bicyclic) bond motifs is 1. The summed E-state index contributed by atoms with van der Waals surface area (Å²) < 4.78 is 17.0. The van der Waals surface area contributed by atoms with Gasteiger partial charge in [-0.05, 0) is 37.0 Å². The number of aliphatic hydroxyl groups is 1. The molecule has 3 heterocycles. The monoisotopic (exact) mass is 414 g/mol. The second kappa shape index (κ2) is 8.63. The first-order valence-corrected chi connectivity index (χ1v) is 10.9. The highest BCUT2D eigenvalue weighted by Gasteiger charge is 2.33. The van der Waals surface area contributed by atoms with Gasteiger partial charge in [-0.25, -0.2) is 9.97 Å². The Hall–Kier alpha value is -2.00. The maximum Gasteiger partial charge on any atom is 0.224 e. The molecular weight excluding hydrogens is 384 g/mol. The van der Waals surface area contributed by atoms with Gasteiger partial charge >= 0.3 is 0 Å². The van der Waals surface area contributed by atoms with E-state index in [0.717, 1.165) is 49.4 Å². The van der Waals surface area contributed by atoms with Gasteiger partial charge in [0.25, 0.3) is 0 Å². The maximum absolute atomic E-state index is 10.8. The number of rotatable bonds is 6. The van der Waals surface area contributed by atoms with Crippen molar-refractivity contribution >= 4 is 16.6 Å². The highest BCUT2D eigenvalue weighted by molar-refractivity contribution is 5.86.